The van der Waals surface area contributed by atoms with E-state index in [0.29, 0.717) is 0 Å². The molecule has 0 saturated heterocycles. The number of ether oxygens (including phenoxy) is 1. The van der Waals surface area contributed by atoms with Crippen molar-refractivity contribution in [2.24, 2.45) is 0 Å². The van der Waals surface area contributed by atoms with Gasteiger partial charge in [-0.2, -0.15) is 0 Å². The molecule has 0 saturated carbocycles. The molecule has 2 heteroatoms. The number of hydrogen-bond acceptors (Lipinski definition) is 2. The van der Waals surface area contributed by atoms with Crippen LogP contribution in [0.5, 0.6) is 0 Å². The lowest BCUT2D eigenvalue weighted by Crippen LogP contribution is -2.15. The molecule has 0 N–H and O–H groups in total. The van der Waals surface area contributed by atoms with E-state index in [9.17, 15) is 0 Å². The maximum Gasteiger partial charge on any atom is 0.123 e. The smallest absolute Gasteiger partial charge is 0.123 e. The Labute approximate surface area is 93.9 Å². The summed E-state index contributed by atoms with van der Waals surface area (Å²) in [7, 11) is 2.01. The highest BCUT2D eigenvalue weighted by Gasteiger charge is 2.02. The van der Waals surface area contributed by atoms with Crippen molar-refractivity contribution in [3.8, 4) is 0 Å². The summed E-state index contributed by atoms with van der Waals surface area (Å²) in [5.74, 6) is 0.835. The Hall–Kier alpha value is -1.18. The standard InChI is InChI=1S/C13H23NO/c1-7-9-15-13(11(3)4)10-12(5)14(6)8-2/h10H,3,5,7-9H2,1-2,4,6H3/b13-10+. The summed E-state index contributed by atoms with van der Waals surface area (Å²) in [6, 6.07) is 0. The summed E-state index contributed by atoms with van der Waals surface area (Å²) >= 11 is 0. The molecule has 0 aromatic carbocycles. The van der Waals surface area contributed by atoms with Crippen LogP contribution in [0, 0.1) is 0 Å². The normalized spacial score (nSPS) is 11.1. The summed E-state index contributed by atoms with van der Waals surface area (Å²) in [6.07, 6.45) is 2.95. The Morgan fingerprint density at radius 1 is 1.33 bits per heavy atom. The van der Waals surface area contributed by atoms with E-state index in [1.165, 1.54) is 0 Å². The molecule has 0 unspecified atom stereocenters. The molecule has 0 bridgehead atoms. The lowest BCUT2D eigenvalue weighted by Gasteiger charge is -2.18. The van der Waals surface area contributed by atoms with Gasteiger partial charge in [-0.25, -0.2) is 0 Å². The van der Waals surface area contributed by atoms with Gasteiger partial charge in [0.2, 0.25) is 0 Å². The molecule has 0 amide bonds. The molecule has 15 heavy (non-hydrogen) atoms. The van der Waals surface area contributed by atoms with Gasteiger partial charge in [0, 0.05) is 25.4 Å². The van der Waals surface area contributed by atoms with Gasteiger partial charge in [0.05, 0.1) is 6.61 Å². The second-order valence-corrected chi connectivity index (χ2v) is 3.64. The first-order valence-electron chi connectivity index (χ1n) is 5.43. The molecular weight excluding hydrogens is 186 g/mol. The van der Waals surface area contributed by atoms with Crippen LogP contribution in [0.15, 0.2) is 36.3 Å². The summed E-state index contributed by atoms with van der Waals surface area (Å²) in [6.45, 7) is 15.7. The van der Waals surface area contributed by atoms with E-state index < -0.39 is 0 Å². The zero-order chi connectivity index (χ0) is 11.8. The van der Waals surface area contributed by atoms with Gasteiger partial charge in [-0.05, 0) is 25.8 Å². The summed E-state index contributed by atoms with van der Waals surface area (Å²) < 4.78 is 5.59. The van der Waals surface area contributed by atoms with Gasteiger partial charge in [0.25, 0.3) is 0 Å². The van der Waals surface area contributed by atoms with Crippen molar-refractivity contribution in [1.82, 2.24) is 4.90 Å². The monoisotopic (exact) mass is 209 g/mol. The first-order chi connectivity index (χ1) is 7.02. The van der Waals surface area contributed by atoms with Crippen molar-refractivity contribution in [3.63, 3.8) is 0 Å². The van der Waals surface area contributed by atoms with Crippen LogP contribution < -0.4 is 0 Å². The second kappa shape index (κ2) is 7.16. The quantitative estimate of drug-likeness (QED) is 0.471. The summed E-state index contributed by atoms with van der Waals surface area (Å²) in [5, 5.41) is 0. The molecule has 0 heterocycles. The first-order valence-corrected chi connectivity index (χ1v) is 5.43. The van der Waals surface area contributed by atoms with Crippen LogP contribution in [0.2, 0.25) is 0 Å². The van der Waals surface area contributed by atoms with Crippen molar-refractivity contribution in [2.45, 2.75) is 27.2 Å². The maximum atomic E-state index is 5.59. The Morgan fingerprint density at radius 2 is 1.93 bits per heavy atom. The van der Waals surface area contributed by atoms with Crippen molar-refractivity contribution in [2.75, 3.05) is 20.2 Å². The third kappa shape index (κ3) is 5.31. The third-order valence-corrected chi connectivity index (χ3v) is 2.14. The van der Waals surface area contributed by atoms with E-state index in [4.69, 9.17) is 4.74 Å². The van der Waals surface area contributed by atoms with Gasteiger partial charge in [-0.15, -0.1) is 0 Å². The van der Waals surface area contributed by atoms with Gasteiger partial charge in [-0.1, -0.05) is 20.1 Å². The molecule has 0 aliphatic carbocycles. The van der Waals surface area contributed by atoms with Crippen LogP contribution in [0.25, 0.3) is 0 Å². The van der Waals surface area contributed by atoms with Crippen LogP contribution in [0.1, 0.15) is 27.2 Å². The Morgan fingerprint density at radius 3 is 2.33 bits per heavy atom. The summed E-state index contributed by atoms with van der Waals surface area (Å²) in [4.78, 5) is 2.07. The lowest BCUT2D eigenvalue weighted by atomic mass is 10.2. The van der Waals surface area contributed by atoms with Crippen LogP contribution in [0.3, 0.4) is 0 Å². The van der Waals surface area contributed by atoms with Crippen molar-refractivity contribution in [1.29, 1.82) is 0 Å². The predicted octanol–water partition coefficient (Wildman–Crippen LogP) is 3.34. The van der Waals surface area contributed by atoms with E-state index >= 15 is 0 Å². The van der Waals surface area contributed by atoms with Crippen molar-refractivity contribution in [3.05, 3.63) is 36.3 Å². The fourth-order valence-electron chi connectivity index (χ4n) is 0.965. The highest BCUT2D eigenvalue weighted by atomic mass is 16.5. The van der Waals surface area contributed by atoms with Crippen molar-refractivity contribution >= 4 is 0 Å². The predicted molar refractivity (Wildman–Crippen MR) is 66.6 cm³/mol. The molecule has 0 aromatic rings. The summed E-state index contributed by atoms with van der Waals surface area (Å²) in [5.41, 5.74) is 1.89. The van der Waals surface area contributed by atoms with E-state index in [2.05, 4.69) is 31.9 Å². The van der Waals surface area contributed by atoms with Crippen LogP contribution >= 0.6 is 0 Å². The minimum Gasteiger partial charge on any atom is -0.493 e. The third-order valence-electron chi connectivity index (χ3n) is 2.14. The molecular formula is C13H23NO. The Kier molecular flexibility index (Phi) is 6.59. The molecule has 0 aliphatic rings. The molecule has 0 fully saturated rings. The highest BCUT2D eigenvalue weighted by Crippen LogP contribution is 2.13. The molecule has 0 aliphatic heterocycles. The zero-order valence-electron chi connectivity index (χ0n) is 10.5. The minimum atomic E-state index is 0.724. The number of rotatable bonds is 7. The Bertz CT molecular complexity index is 253. The van der Waals surface area contributed by atoms with E-state index in [0.717, 1.165) is 36.6 Å². The molecule has 0 spiro atoms. The molecule has 0 atom stereocenters. The highest BCUT2D eigenvalue weighted by molar-refractivity contribution is 5.28. The van der Waals surface area contributed by atoms with E-state index in [1.54, 1.807) is 0 Å². The zero-order valence-corrected chi connectivity index (χ0v) is 10.5. The van der Waals surface area contributed by atoms with Gasteiger partial charge >= 0.3 is 0 Å². The molecule has 0 rings (SSSR count). The lowest BCUT2D eigenvalue weighted by molar-refractivity contribution is 0.219. The largest absolute Gasteiger partial charge is 0.493 e. The van der Waals surface area contributed by atoms with Gasteiger partial charge in [-0.3, -0.25) is 0 Å². The minimum absolute atomic E-state index is 0.724. The number of likely N-dealkylation sites (N-methyl/N-ethyl adjacent to an activating group) is 1. The van der Waals surface area contributed by atoms with Crippen LogP contribution in [-0.4, -0.2) is 25.1 Å². The molecule has 86 valence electrons. The van der Waals surface area contributed by atoms with Crippen LogP contribution in [0.4, 0.5) is 0 Å². The van der Waals surface area contributed by atoms with Gasteiger partial charge in [0.15, 0.2) is 0 Å². The first kappa shape index (κ1) is 13.8. The van der Waals surface area contributed by atoms with Crippen LogP contribution in [-0.2, 0) is 4.74 Å². The van der Waals surface area contributed by atoms with E-state index in [-0.39, 0.29) is 0 Å². The molecule has 0 aromatic heterocycles. The average molecular weight is 209 g/mol. The SMILES string of the molecule is C=C(C)/C(=C\C(=C)N(C)CC)OCCC. The maximum absolute atomic E-state index is 5.59. The Balaban J connectivity index is 4.53. The van der Waals surface area contributed by atoms with Gasteiger partial charge < -0.3 is 9.64 Å². The number of allylic oxidation sites excluding steroid dienone is 2. The molecule has 2 nitrogen and oxygen atoms in total. The topological polar surface area (TPSA) is 12.5 Å². The fourth-order valence-corrected chi connectivity index (χ4v) is 0.965. The van der Waals surface area contributed by atoms with Crippen molar-refractivity contribution < 1.29 is 4.74 Å². The second-order valence-electron chi connectivity index (χ2n) is 3.64. The van der Waals surface area contributed by atoms with Gasteiger partial charge in [0.1, 0.15) is 5.76 Å². The average Bonchev–Trinajstić information content (AvgIpc) is 2.22. The molecule has 0 radical (unpaired) electrons. The fraction of sp³-hybridized carbons (Fsp3) is 0.538. The number of hydrogen-bond donors (Lipinski definition) is 0. The van der Waals surface area contributed by atoms with E-state index in [1.807, 2.05) is 20.0 Å². The number of nitrogens with zero attached hydrogens (tertiary/aromatic N) is 1.